The van der Waals surface area contributed by atoms with Gasteiger partial charge in [0.2, 0.25) is 5.95 Å². The number of nitrogens with two attached hydrogens (primary N) is 1. The largest absolute Gasteiger partial charge is 0.368 e. The van der Waals surface area contributed by atoms with Crippen LogP contribution >= 0.6 is 23.2 Å². The molecule has 0 radical (unpaired) electrons. The van der Waals surface area contributed by atoms with E-state index in [9.17, 15) is 0 Å². The maximum Gasteiger partial charge on any atom is 0.222 e. The van der Waals surface area contributed by atoms with Crippen LogP contribution in [-0.4, -0.2) is 9.97 Å². The molecule has 0 amide bonds. The molecule has 17 heavy (non-hydrogen) atoms. The van der Waals surface area contributed by atoms with Crippen LogP contribution in [0.1, 0.15) is 5.69 Å². The Bertz CT molecular complexity index is 537. The van der Waals surface area contributed by atoms with E-state index < -0.39 is 0 Å². The molecule has 0 aliphatic carbocycles. The average Bonchev–Trinajstić information content (AvgIpc) is 2.22. The molecule has 0 saturated carbocycles. The number of halogens is 2. The molecule has 1 heterocycles. The molecule has 1 aromatic heterocycles. The molecule has 0 aliphatic rings. The molecule has 0 bridgehead atoms. The molecule has 3 N–H and O–H groups in total. The fourth-order valence-corrected chi connectivity index (χ4v) is 1.68. The predicted molar refractivity (Wildman–Crippen MR) is 70.9 cm³/mol. The molecule has 4 nitrogen and oxygen atoms in total. The van der Waals surface area contributed by atoms with Crippen molar-refractivity contribution in [3.8, 4) is 0 Å². The van der Waals surface area contributed by atoms with Crippen molar-refractivity contribution in [1.82, 2.24) is 9.97 Å². The summed E-state index contributed by atoms with van der Waals surface area (Å²) in [6, 6.07) is 7.03. The lowest BCUT2D eigenvalue weighted by Gasteiger charge is -2.07. The molecular weight excluding hydrogens is 259 g/mol. The zero-order valence-electron chi connectivity index (χ0n) is 9.04. The van der Waals surface area contributed by atoms with Crippen LogP contribution in [0.5, 0.6) is 0 Å². The first-order chi connectivity index (χ1) is 8.04. The van der Waals surface area contributed by atoms with E-state index >= 15 is 0 Å². The van der Waals surface area contributed by atoms with Gasteiger partial charge in [-0.2, -0.15) is 4.98 Å². The molecule has 88 valence electrons. The van der Waals surface area contributed by atoms with E-state index in [0.29, 0.717) is 15.9 Å². The number of benzene rings is 1. The maximum absolute atomic E-state index is 5.91. The number of nitrogens with one attached hydrogen (secondary N) is 1. The zero-order valence-corrected chi connectivity index (χ0v) is 10.5. The summed E-state index contributed by atoms with van der Waals surface area (Å²) in [6.45, 7) is 1.85. The molecule has 6 heteroatoms. The maximum atomic E-state index is 5.91. The quantitative estimate of drug-likeness (QED) is 0.876. The molecule has 0 spiro atoms. The molecular formula is C11H10Cl2N4. The Kier molecular flexibility index (Phi) is 3.36. The highest BCUT2D eigenvalue weighted by molar-refractivity contribution is 6.42. The Hall–Kier alpha value is -1.52. The lowest BCUT2D eigenvalue weighted by molar-refractivity contribution is 1.12. The lowest BCUT2D eigenvalue weighted by Crippen LogP contribution is -2.01. The summed E-state index contributed by atoms with van der Waals surface area (Å²) in [5.74, 6) is 0.848. The van der Waals surface area contributed by atoms with E-state index in [1.54, 1.807) is 18.2 Å². The number of rotatable bonds is 2. The van der Waals surface area contributed by atoms with Gasteiger partial charge in [0.15, 0.2) is 0 Å². The standard InChI is InChI=1S/C11H10Cl2N4/c1-6-4-10(17-11(14)15-6)16-7-2-3-8(12)9(13)5-7/h2-5H,1H3,(H3,14,15,16,17). The Morgan fingerprint density at radius 1 is 1.12 bits per heavy atom. The summed E-state index contributed by atoms with van der Waals surface area (Å²) in [6.07, 6.45) is 0. The second-order valence-electron chi connectivity index (χ2n) is 3.51. The van der Waals surface area contributed by atoms with Crippen molar-refractivity contribution in [2.45, 2.75) is 6.92 Å². The second-order valence-corrected chi connectivity index (χ2v) is 4.32. The van der Waals surface area contributed by atoms with Crippen LogP contribution in [0.2, 0.25) is 10.0 Å². The lowest BCUT2D eigenvalue weighted by atomic mass is 10.3. The summed E-state index contributed by atoms with van der Waals surface area (Å²) in [5, 5.41) is 4.07. The smallest absolute Gasteiger partial charge is 0.222 e. The molecule has 2 aromatic rings. The van der Waals surface area contributed by atoms with Gasteiger partial charge in [0.25, 0.3) is 0 Å². The van der Waals surface area contributed by atoms with Gasteiger partial charge in [-0.05, 0) is 25.1 Å². The van der Waals surface area contributed by atoms with E-state index in [-0.39, 0.29) is 5.95 Å². The Balaban J connectivity index is 2.28. The SMILES string of the molecule is Cc1cc(Nc2ccc(Cl)c(Cl)c2)nc(N)n1. The number of aryl methyl sites for hydroxylation is 1. The summed E-state index contributed by atoms with van der Waals surface area (Å²) < 4.78 is 0. The summed E-state index contributed by atoms with van der Waals surface area (Å²) in [4.78, 5) is 8.05. The highest BCUT2D eigenvalue weighted by Crippen LogP contribution is 2.26. The van der Waals surface area contributed by atoms with Crippen LogP contribution < -0.4 is 11.1 Å². The summed E-state index contributed by atoms with van der Waals surface area (Å²) in [7, 11) is 0. The van der Waals surface area contributed by atoms with Crippen LogP contribution in [0.3, 0.4) is 0 Å². The van der Waals surface area contributed by atoms with Gasteiger partial charge in [0.1, 0.15) is 5.82 Å². The minimum absolute atomic E-state index is 0.229. The number of hydrogen-bond acceptors (Lipinski definition) is 4. The molecule has 1 aromatic carbocycles. The molecule has 0 atom stereocenters. The van der Waals surface area contributed by atoms with Gasteiger partial charge in [-0.3, -0.25) is 0 Å². The van der Waals surface area contributed by atoms with Crippen molar-refractivity contribution in [3.63, 3.8) is 0 Å². The van der Waals surface area contributed by atoms with E-state index in [1.807, 2.05) is 13.0 Å². The third kappa shape index (κ3) is 2.99. The van der Waals surface area contributed by atoms with E-state index in [4.69, 9.17) is 28.9 Å². The third-order valence-corrected chi connectivity index (χ3v) is 2.80. The van der Waals surface area contributed by atoms with Gasteiger partial charge >= 0.3 is 0 Å². The summed E-state index contributed by atoms with van der Waals surface area (Å²) in [5.41, 5.74) is 7.14. The van der Waals surface area contributed by atoms with E-state index in [1.165, 1.54) is 0 Å². The number of nitrogen functional groups attached to an aromatic ring is 1. The Morgan fingerprint density at radius 2 is 1.88 bits per heavy atom. The van der Waals surface area contributed by atoms with Crippen LogP contribution in [0, 0.1) is 6.92 Å². The number of anilines is 3. The van der Waals surface area contributed by atoms with Crippen LogP contribution in [0.25, 0.3) is 0 Å². The van der Waals surface area contributed by atoms with Gasteiger partial charge in [0, 0.05) is 17.4 Å². The number of nitrogens with zero attached hydrogens (tertiary/aromatic N) is 2. The van der Waals surface area contributed by atoms with Crippen molar-refractivity contribution in [2.24, 2.45) is 0 Å². The molecule has 0 saturated heterocycles. The predicted octanol–water partition coefficient (Wildman–Crippen LogP) is 3.42. The first kappa shape index (κ1) is 12.0. The molecule has 2 rings (SSSR count). The minimum atomic E-state index is 0.229. The van der Waals surface area contributed by atoms with Gasteiger partial charge in [-0.25, -0.2) is 4.98 Å². The van der Waals surface area contributed by atoms with Gasteiger partial charge in [-0.15, -0.1) is 0 Å². The van der Waals surface area contributed by atoms with Crippen LogP contribution in [0.4, 0.5) is 17.5 Å². The van der Waals surface area contributed by atoms with Crippen molar-refractivity contribution in [2.75, 3.05) is 11.1 Å². The number of hydrogen-bond donors (Lipinski definition) is 2. The van der Waals surface area contributed by atoms with Gasteiger partial charge in [-0.1, -0.05) is 23.2 Å². The van der Waals surface area contributed by atoms with Crippen LogP contribution in [-0.2, 0) is 0 Å². The number of aromatic nitrogens is 2. The van der Waals surface area contributed by atoms with Crippen molar-refractivity contribution in [1.29, 1.82) is 0 Å². The highest BCUT2D eigenvalue weighted by Gasteiger charge is 2.02. The fourth-order valence-electron chi connectivity index (χ4n) is 1.38. The normalized spacial score (nSPS) is 10.3. The first-order valence-corrected chi connectivity index (χ1v) is 5.63. The fraction of sp³-hybridized carbons (Fsp3) is 0.0909. The van der Waals surface area contributed by atoms with Crippen molar-refractivity contribution in [3.05, 3.63) is 40.0 Å². The monoisotopic (exact) mass is 268 g/mol. The molecule has 0 aliphatic heterocycles. The molecule has 0 unspecified atom stereocenters. The topological polar surface area (TPSA) is 63.8 Å². The second kappa shape index (κ2) is 4.77. The first-order valence-electron chi connectivity index (χ1n) is 4.88. The van der Waals surface area contributed by atoms with Crippen molar-refractivity contribution >= 4 is 40.7 Å². The summed E-state index contributed by atoms with van der Waals surface area (Å²) >= 11 is 11.7. The Morgan fingerprint density at radius 3 is 2.53 bits per heavy atom. The highest BCUT2D eigenvalue weighted by atomic mass is 35.5. The zero-order chi connectivity index (χ0) is 12.4. The average molecular weight is 269 g/mol. The van der Waals surface area contributed by atoms with E-state index in [0.717, 1.165) is 11.4 Å². The molecule has 0 fully saturated rings. The third-order valence-electron chi connectivity index (χ3n) is 2.06. The van der Waals surface area contributed by atoms with Crippen LogP contribution in [0.15, 0.2) is 24.3 Å². The van der Waals surface area contributed by atoms with Gasteiger partial charge < -0.3 is 11.1 Å². The van der Waals surface area contributed by atoms with E-state index in [2.05, 4.69) is 15.3 Å². The minimum Gasteiger partial charge on any atom is -0.368 e. The van der Waals surface area contributed by atoms with Gasteiger partial charge in [0.05, 0.1) is 10.0 Å². The van der Waals surface area contributed by atoms with Crippen molar-refractivity contribution < 1.29 is 0 Å². The Labute approximate surface area is 109 Å².